The normalized spacial score (nSPS) is 24.5. The van der Waals surface area contributed by atoms with Crippen molar-refractivity contribution in [1.29, 1.82) is 0 Å². The lowest BCUT2D eigenvalue weighted by Crippen LogP contribution is -2.48. The van der Waals surface area contributed by atoms with Crippen LogP contribution < -0.4 is 10.6 Å². The number of carbonyl (C=O) groups excluding carboxylic acids is 1. The van der Waals surface area contributed by atoms with Crippen LogP contribution in [0.5, 0.6) is 0 Å². The molecule has 0 spiro atoms. The van der Waals surface area contributed by atoms with Crippen molar-refractivity contribution in [2.24, 2.45) is 5.92 Å². The van der Waals surface area contributed by atoms with E-state index >= 15 is 0 Å². The summed E-state index contributed by atoms with van der Waals surface area (Å²) in [6.45, 7) is 7.51. The van der Waals surface area contributed by atoms with Crippen molar-refractivity contribution >= 4 is 5.97 Å². The molecule has 1 rings (SSSR count). The van der Waals surface area contributed by atoms with Crippen molar-refractivity contribution < 1.29 is 9.53 Å². The van der Waals surface area contributed by atoms with Gasteiger partial charge < -0.3 is 15.4 Å². The molecule has 20 heavy (non-hydrogen) atoms. The molecule has 0 bridgehead atoms. The van der Waals surface area contributed by atoms with Crippen LogP contribution in [0, 0.1) is 5.92 Å². The molecule has 0 aromatic carbocycles. The number of esters is 1. The van der Waals surface area contributed by atoms with Crippen LogP contribution in [-0.4, -0.2) is 37.7 Å². The van der Waals surface area contributed by atoms with Gasteiger partial charge in [-0.2, -0.15) is 0 Å². The Morgan fingerprint density at radius 3 is 2.75 bits per heavy atom. The maximum Gasteiger partial charge on any atom is 0.323 e. The molecule has 0 saturated carbocycles. The summed E-state index contributed by atoms with van der Waals surface area (Å²) in [6.07, 6.45) is 7.23. The summed E-state index contributed by atoms with van der Waals surface area (Å²) < 4.78 is 4.93. The van der Waals surface area contributed by atoms with E-state index < -0.39 is 0 Å². The highest BCUT2D eigenvalue weighted by molar-refractivity contribution is 5.76. The molecule has 2 N–H and O–H groups in total. The minimum atomic E-state index is -0.189. The molecule has 1 aliphatic heterocycles. The molecule has 1 saturated heterocycles. The van der Waals surface area contributed by atoms with E-state index in [0.717, 1.165) is 19.4 Å². The fraction of sp³-hybridized carbons (Fsp3) is 0.938. The Kier molecular flexibility index (Phi) is 8.15. The van der Waals surface area contributed by atoms with Crippen molar-refractivity contribution in [3.8, 4) is 0 Å². The molecule has 0 aromatic rings. The predicted molar refractivity (Wildman–Crippen MR) is 82.7 cm³/mol. The fourth-order valence-electron chi connectivity index (χ4n) is 2.93. The number of hydrogen-bond donors (Lipinski definition) is 2. The minimum Gasteiger partial charge on any atom is -0.468 e. The van der Waals surface area contributed by atoms with Crippen LogP contribution in [0.2, 0.25) is 0 Å². The number of methoxy groups -OCH3 is 1. The van der Waals surface area contributed by atoms with Crippen molar-refractivity contribution in [2.75, 3.05) is 13.7 Å². The van der Waals surface area contributed by atoms with Gasteiger partial charge in [0.05, 0.1) is 7.11 Å². The Balaban J connectivity index is 2.47. The first-order chi connectivity index (χ1) is 9.58. The SMILES string of the molecule is CCC(C)C(NC(C)CC1CCCCCN1)C(=O)OC. The first-order valence-electron chi connectivity index (χ1n) is 8.15. The van der Waals surface area contributed by atoms with E-state index in [1.807, 2.05) is 0 Å². The molecule has 1 aliphatic rings. The molecule has 4 heteroatoms. The van der Waals surface area contributed by atoms with Crippen molar-refractivity contribution in [3.05, 3.63) is 0 Å². The molecule has 0 aliphatic carbocycles. The summed E-state index contributed by atoms with van der Waals surface area (Å²) in [6, 6.07) is 0.713. The van der Waals surface area contributed by atoms with Gasteiger partial charge in [-0.05, 0) is 38.6 Å². The third-order valence-corrected chi connectivity index (χ3v) is 4.43. The van der Waals surface area contributed by atoms with Gasteiger partial charge in [0.15, 0.2) is 0 Å². The van der Waals surface area contributed by atoms with E-state index in [2.05, 4.69) is 31.4 Å². The smallest absolute Gasteiger partial charge is 0.323 e. The lowest BCUT2D eigenvalue weighted by atomic mass is 9.96. The van der Waals surface area contributed by atoms with E-state index in [0.29, 0.717) is 18.0 Å². The molecule has 1 fully saturated rings. The first kappa shape index (κ1) is 17.4. The standard InChI is InChI=1S/C16H32N2O2/c1-5-12(2)15(16(19)20-4)18-13(3)11-14-9-7-6-8-10-17-14/h12-15,17-18H,5-11H2,1-4H3. The second-order valence-electron chi connectivity index (χ2n) is 6.19. The largest absolute Gasteiger partial charge is 0.468 e. The molecule has 4 unspecified atom stereocenters. The topological polar surface area (TPSA) is 50.4 Å². The average Bonchev–Trinajstić information content (AvgIpc) is 2.71. The van der Waals surface area contributed by atoms with Crippen molar-refractivity contribution in [1.82, 2.24) is 10.6 Å². The van der Waals surface area contributed by atoms with Gasteiger partial charge in [-0.3, -0.25) is 4.79 Å². The highest BCUT2D eigenvalue weighted by atomic mass is 16.5. The fourth-order valence-corrected chi connectivity index (χ4v) is 2.93. The van der Waals surface area contributed by atoms with E-state index in [9.17, 15) is 4.79 Å². The summed E-state index contributed by atoms with van der Waals surface area (Å²) in [5.41, 5.74) is 0. The van der Waals surface area contributed by atoms with Gasteiger partial charge in [0, 0.05) is 12.1 Å². The van der Waals surface area contributed by atoms with E-state index in [1.54, 1.807) is 0 Å². The molecule has 0 radical (unpaired) electrons. The van der Waals surface area contributed by atoms with Gasteiger partial charge in [0.1, 0.15) is 6.04 Å². The van der Waals surface area contributed by atoms with Gasteiger partial charge in [-0.1, -0.05) is 33.1 Å². The second-order valence-corrected chi connectivity index (χ2v) is 6.19. The van der Waals surface area contributed by atoms with E-state index in [-0.39, 0.29) is 12.0 Å². The lowest BCUT2D eigenvalue weighted by Gasteiger charge is -2.28. The summed E-state index contributed by atoms with van der Waals surface area (Å²) in [5.74, 6) is 0.159. The first-order valence-corrected chi connectivity index (χ1v) is 8.15. The van der Waals surface area contributed by atoms with E-state index in [1.165, 1.54) is 32.8 Å². The van der Waals surface area contributed by atoms with Crippen LogP contribution in [0.15, 0.2) is 0 Å². The van der Waals surface area contributed by atoms with Crippen molar-refractivity contribution in [3.63, 3.8) is 0 Å². The van der Waals surface area contributed by atoms with Crippen LogP contribution >= 0.6 is 0 Å². The van der Waals surface area contributed by atoms with Crippen LogP contribution in [-0.2, 0) is 9.53 Å². The summed E-state index contributed by atoms with van der Waals surface area (Å²) in [5, 5.41) is 7.09. The van der Waals surface area contributed by atoms with Crippen LogP contribution in [0.4, 0.5) is 0 Å². The molecule has 0 aromatic heterocycles. The summed E-state index contributed by atoms with van der Waals surface area (Å²) in [4.78, 5) is 11.9. The third-order valence-electron chi connectivity index (χ3n) is 4.43. The average molecular weight is 284 g/mol. The number of carbonyl (C=O) groups is 1. The Morgan fingerprint density at radius 1 is 1.35 bits per heavy atom. The molecule has 0 amide bonds. The number of rotatable bonds is 7. The number of ether oxygens (including phenoxy) is 1. The summed E-state index contributed by atoms with van der Waals surface area (Å²) >= 11 is 0. The maximum atomic E-state index is 11.9. The zero-order valence-corrected chi connectivity index (χ0v) is 13.6. The molecule has 118 valence electrons. The molecule has 4 atom stereocenters. The molecular formula is C16H32N2O2. The minimum absolute atomic E-state index is 0.139. The molecular weight excluding hydrogens is 252 g/mol. The molecule has 4 nitrogen and oxygen atoms in total. The van der Waals surface area contributed by atoms with Gasteiger partial charge >= 0.3 is 5.97 Å². The van der Waals surface area contributed by atoms with Gasteiger partial charge in [-0.25, -0.2) is 0 Å². The Labute approximate surface area is 124 Å². The monoisotopic (exact) mass is 284 g/mol. The van der Waals surface area contributed by atoms with Crippen LogP contribution in [0.1, 0.15) is 59.3 Å². The number of hydrogen-bond acceptors (Lipinski definition) is 4. The maximum absolute atomic E-state index is 11.9. The number of nitrogens with one attached hydrogen (secondary N) is 2. The van der Waals surface area contributed by atoms with E-state index in [4.69, 9.17) is 4.74 Å². The second kappa shape index (κ2) is 9.35. The summed E-state index contributed by atoms with van der Waals surface area (Å²) in [7, 11) is 1.47. The van der Waals surface area contributed by atoms with Crippen molar-refractivity contribution in [2.45, 2.75) is 77.4 Å². The van der Waals surface area contributed by atoms with Crippen LogP contribution in [0.3, 0.4) is 0 Å². The Hall–Kier alpha value is -0.610. The lowest BCUT2D eigenvalue weighted by molar-refractivity contribution is -0.144. The van der Waals surface area contributed by atoms with Crippen LogP contribution in [0.25, 0.3) is 0 Å². The van der Waals surface area contributed by atoms with Gasteiger partial charge in [0.25, 0.3) is 0 Å². The van der Waals surface area contributed by atoms with Gasteiger partial charge in [-0.15, -0.1) is 0 Å². The molecule has 1 heterocycles. The highest BCUT2D eigenvalue weighted by Crippen LogP contribution is 2.15. The quantitative estimate of drug-likeness (QED) is 0.705. The Bertz CT molecular complexity index is 276. The zero-order valence-electron chi connectivity index (χ0n) is 13.6. The predicted octanol–water partition coefficient (Wildman–Crippen LogP) is 2.47. The zero-order chi connectivity index (χ0) is 15.0. The third kappa shape index (κ3) is 5.80. The Morgan fingerprint density at radius 2 is 2.10 bits per heavy atom. The van der Waals surface area contributed by atoms with Gasteiger partial charge in [0.2, 0.25) is 0 Å². The highest BCUT2D eigenvalue weighted by Gasteiger charge is 2.27.